The molecule has 1 aromatic heterocycles. The van der Waals surface area contributed by atoms with E-state index in [0.717, 1.165) is 18.5 Å². The zero-order chi connectivity index (χ0) is 11.3. The fraction of sp³-hybridized carbons (Fsp3) is 0.727. The molecule has 2 atom stereocenters. The van der Waals surface area contributed by atoms with Crippen LogP contribution < -0.4 is 0 Å². The molecule has 1 rings (SSSR count). The molecule has 0 saturated carbocycles. The van der Waals surface area contributed by atoms with Crippen LogP contribution in [0.3, 0.4) is 0 Å². The number of aromatic nitrogens is 2. The van der Waals surface area contributed by atoms with Crippen LogP contribution in [0.15, 0.2) is 12.4 Å². The number of hydrogen-bond donors (Lipinski definition) is 1. The highest BCUT2D eigenvalue weighted by Gasteiger charge is 2.20. The van der Waals surface area contributed by atoms with E-state index >= 15 is 0 Å². The van der Waals surface area contributed by atoms with E-state index in [1.807, 2.05) is 27.0 Å². The Morgan fingerprint density at radius 1 is 1.47 bits per heavy atom. The third kappa shape index (κ3) is 3.04. The SMILES string of the molecule is CCOC(CC)C(O)c1cnn(CC)c1. The van der Waals surface area contributed by atoms with Crippen molar-refractivity contribution in [1.29, 1.82) is 0 Å². The first-order chi connectivity index (χ1) is 7.22. The summed E-state index contributed by atoms with van der Waals surface area (Å²) >= 11 is 0. The third-order valence-electron chi connectivity index (χ3n) is 2.45. The molecule has 4 nitrogen and oxygen atoms in total. The number of nitrogens with zero attached hydrogens (tertiary/aromatic N) is 2. The first kappa shape index (κ1) is 12.2. The van der Waals surface area contributed by atoms with Gasteiger partial charge in [0.15, 0.2) is 0 Å². The van der Waals surface area contributed by atoms with Crippen LogP contribution >= 0.6 is 0 Å². The van der Waals surface area contributed by atoms with Gasteiger partial charge in [0, 0.05) is 24.9 Å². The van der Waals surface area contributed by atoms with Gasteiger partial charge >= 0.3 is 0 Å². The molecule has 0 spiro atoms. The first-order valence-corrected chi connectivity index (χ1v) is 5.54. The van der Waals surface area contributed by atoms with Gasteiger partial charge in [-0.25, -0.2) is 0 Å². The Bertz CT molecular complexity index is 286. The van der Waals surface area contributed by atoms with Crippen molar-refractivity contribution in [3.05, 3.63) is 18.0 Å². The maximum absolute atomic E-state index is 10.0. The number of hydrogen-bond acceptors (Lipinski definition) is 3. The molecule has 0 aliphatic heterocycles. The van der Waals surface area contributed by atoms with Crippen LogP contribution in [0.5, 0.6) is 0 Å². The smallest absolute Gasteiger partial charge is 0.108 e. The minimum atomic E-state index is -0.574. The number of ether oxygens (including phenoxy) is 1. The van der Waals surface area contributed by atoms with Crippen molar-refractivity contribution in [2.75, 3.05) is 6.61 Å². The Balaban J connectivity index is 2.68. The van der Waals surface area contributed by atoms with Gasteiger partial charge in [0.05, 0.1) is 12.3 Å². The van der Waals surface area contributed by atoms with E-state index in [4.69, 9.17) is 4.74 Å². The molecule has 15 heavy (non-hydrogen) atoms. The maximum atomic E-state index is 10.0. The van der Waals surface area contributed by atoms with E-state index in [0.29, 0.717) is 6.61 Å². The molecule has 0 saturated heterocycles. The van der Waals surface area contributed by atoms with Gasteiger partial charge in [-0.1, -0.05) is 6.92 Å². The number of rotatable bonds is 6. The number of aliphatic hydroxyl groups is 1. The van der Waals surface area contributed by atoms with Gasteiger partial charge in [-0.3, -0.25) is 4.68 Å². The van der Waals surface area contributed by atoms with Crippen molar-refractivity contribution >= 4 is 0 Å². The quantitative estimate of drug-likeness (QED) is 0.781. The Kier molecular flexibility index (Phi) is 4.78. The highest BCUT2D eigenvalue weighted by molar-refractivity contribution is 5.09. The molecule has 0 aliphatic rings. The van der Waals surface area contributed by atoms with E-state index in [2.05, 4.69) is 5.10 Å². The van der Waals surface area contributed by atoms with Crippen LogP contribution in [-0.2, 0) is 11.3 Å². The van der Waals surface area contributed by atoms with Gasteiger partial charge in [-0.15, -0.1) is 0 Å². The minimum Gasteiger partial charge on any atom is -0.386 e. The van der Waals surface area contributed by atoms with Gasteiger partial charge in [0.1, 0.15) is 6.10 Å². The van der Waals surface area contributed by atoms with E-state index in [-0.39, 0.29) is 6.10 Å². The molecule has 1 N–H and O–H groups in total. The lowest BCUT2D eigenvalue weighted by Crippen LogP contribution is -2.21. The molecule has 1 heterocycles. The van der Waals surface area contributed by atoms with Crippen LogP contribution in [-0.4, -0.2) is 27.6 Å². The average molecular weight is 212 g/mol. The number of aryl methyl sites for hydroxylation is 1. The lowest BCUT2D eigenvalue weighted by Gasteiger charge is -2.20. The van der Waals surface area contributed by atoms with E-state index in [9.17, 15) is 5.11 Å². The van der Waals surface area contributed by atoms with Crippen molar-refractivity contribution in [2.24, 2.45) is 0 Å². The van der Waals surface area contributed by atoms with Gasteiger partial charge in [-0.05, 0) is 20.3 Å². The summed E-state index contributed by atoms with van der Waals surface area (Å²) in [6.07, 6.45) is 3.66. The summed E-state index contributed by atoms with van der Waals surface area (Å²) in [4.78, 5) is 0. The molecular weight excluding hydrogens is 192 g/mol. The highest BCUT2D eigenvalue weighted by atomic mass is 16.5. The molecular formula is C11H20N2O2. The van der Waals surface area contributed by atoms with Crippen molar-refractivity contribution in [3.8, 4) is 0 Å². The molecule has 0 aliphatic carbocycles. The Hall–Kier alpha value is -0.870. The summed E-state index contributed by atoms with van der Waals surface area (Å²) in [5.41, 5.74) is 0.831. The van der Waals surface area contributed by atoms with Crippen molar-refractivity contribution in [3.63, 3.8) is 0 Å². The summed E-state index contributed by atoms with van der Waals surface area (Å²) in [5.74, 6) is 0. The van der Waals surface area contributed by atoms with Gasteiger partial charge in [0.2, 0.25) is 0 Å². The van der Waals surface area contributed by atoms with Crippen LogP contribution in [0.1, 0.15) is 38.9 Å². The molecule has 0 aromatic carbocycles. The topological polar surface area (TPSA) is 47.3 Å². The van der Waals surface area contributed by atoms with Crippen molar-refractivity contribution in [2.45, 2.75) is 45.9 Å². The summed E-state index contributed by atoms with van der Waals surface area (Å²) < 4.78 is 7.27. The van der Waals surface area contributed by atoms with Gasteiger partial charge < -0.3 is 9.84 Å². The maximum Gasteiger partial charge on any atom is 0.108 e. The van der Waals surface area contributed by atoms with Gasteiger partial charge in [-0.2, -0.15) is 5.10 Å². The summed E-state index contributed by atoms with van der Waals surface area (Å²) in [5, 5.41) is 14.2. The standard InChI is InChI=1S/C11H20N2O2/c1-4-10(15-6-3)11(14)9-7-12-13(5-2)8-9/h7-8,10-11,14H,4-6H2,1-3H3. The molecule has 1 aromatic rings. The van der Waals surface area contributed by atoms with Crippen LogP contribution in [0.4, 0.5) is 0 Å². The van der Waals surface area contributed by atoms with E-state index < -0.39 is 6.10 Å². The van der Waals surface area contributed by atoms with Crippen LogP contribution in [0, 0.1) is 0 Å². The molecule has 86 valence electrons. The van der Waals surface area contributed by atoms with E-state index in [1.165, 1.54) is 0 Å². The lowest BCUT2D eigenvalue weighted by atomic mass is 10.1. The second-order valence-corrected chi connectivity index (χ2v) is 3.48. The first-order valence-electron chi connectivity index (χ1n) is 5.54. The summed E-state index contributed by atoms with van der Waals surface area (Å²) in [6.45, 7) is 7.40. The van der Waals surface area contributed by atoms with Crippen LogP contribution in [0.25, 0.3) is 0 Å². The number of aliphatic hydroxyl groups excluding tert-OH is 1. The largest absolute Gasteiger partial charge is 0.386 e. The lowest BCUT2D eigenvalue weighted by molar-refractivity contribution is -0.0356. The fourth-order valence-corrected chi connectivity index (χ4v) is 1.57. The molecule has 0 amide bonds. The third-order valence-corrected chi connectivity index (χ3v) is 2.45. The highest BCUT2D eigenvalue weighted by Crippen LogP contribution is 2.20. The second kappa shape index (κ2) is 5.88. The molecule has 2 unspecified atom stereocenters. The summed E-state index contributed by atoms with van der Waals surface area (Å²) in [6, 6.07) is 0. The van der Waals surface area contributed by atoms with Crippen molar-refractivity contribution in [1.82, 2.24) is 9.78 Å². The molecule has 4 heteroatoms. The van der Waals surface area contributed by atoms with Gasteiger partial charge in [0.25, 0.3) is 0 Å². The van der Waals surface area contributed by atoms with Crippen LogP contribution in [0.2, 0.25) is 0 Å². The minimum absolute atomic E-state index is 0.135. The molecule has 0 radical (unpaired) electrons. The molecule has 0 fully saturated rings. The predicted molar refractivity (Wildman–Crippen MR) is 58.6 cm³/mol. The normalized spacial score (nSPS) is 15.2. The molecule has 0 bridgehead atoms. The Morgan fingerprint density at radius 3 is 2.67 bits per heavy atom. The summed E-state index contributed by atoms with van der Waals surface area (Å²) in [7, 11) is 0. The zero-order valence-electron chi connectivity index (χ0n) is 9.68. The zero-order valence-corrected chi connectivity index (χ0v) is 9.68. The van der Waals surface area contributed by atoms with E-state index in [1.54, 1.807) is 10.9 Å². The average Bonchev–Trinajstić information content (AvgIpc) is 2.73. The second-order valence-electron chi connectivity index (χ2n) is 3.48. The Morgan fingerprint density at radius 2 is 2.20 bits per heavy atom. The fourth-order valence-electron chi connectivity index (χ4n) is 1.57. The monoisotopic (exact) mass is 212 g/mol. The predicted octanol–water partition coefficient (Wildman–Crippen LogP) is 1.75. The van der Waals surface area contributed by atoms with Crippen molar-refractivity contribution < 1.29 is 9.84 Å². The Labute approximate surface area is 90.9 Å².